The average molecular weight is 1050 g/mol. The first-order valence-corrected chi connectivity index (χ1v) is 30.4. The number of allylic oxidation sites excluding steroid dienone is 16. The van der Waals surface area contributed by atoms with E-state index >= 15 is 0 Å². The van der Waals surface area contributed by atoms with Crippen LogP contribution in [0, 0.1) is 0 Å². The molecule has 75 heavy (non-hydrogen) atoms. The van der Waals surface area contributed by atoms with Crippen LogP contribution < -0.4 is 5.11 Å². The number of carboxylic acid groups (broad SMARTS) is 1. The first-order chi connectivity index (χ1) is 36.6. The Morgan fingerprint density at radius 2 is 0.760 bits per heavy atom. The molecule has 0 amide bonds. The van der Waals surface area contributed by atoms with Crippen LogP contribution in [0.5, 0.6) is 0 Å². The molecule has 0 aliphatic carbocycles. The van der Waals surface area contributed by atoms with Crippen LogP contribution in [0.25, 0.3) is 0 Å². The predicted molar refractivity (Wildman–Crippen MR) is 315 cm³/mol. The lowest BCUT2D eigenvalue weighted by molar-refractivity contribution is -0.870. The molecule has 0 aromatic carbocycles. The third-order valence-electron chi connectivity index (χ3n) is 12.8. The molecule has 0 spiro atoms. The fourth-order valence-electron chi connectivity index (χ4n) is 8.16. The number of carbonyl (C=O) groups excluding carboxylic acids is 3. The van der Waals surface area contributed by atoms with Crippen molar-refractivity contribution in [2.45, 2.75) is 257 Å². The Kier molecular flexibility index (Phi) is 53.6. The summed E-state index contributed by atoms with van der Waals surface area (Å²) in [6.07, 6.45) is 73.2. The number of unbranched alkanes of at least 4 members (excludes halogenated alkanes) is 24. The van der Waals surface area contributed by atoms with Gasteiger partial charge in [0.05, 0.1) is 40.3 Å². The molecule has 0 rings (SSSR count). The number of ether oxygens (including phenoxy) is 4. The maximum Gasteiger partial charge on any atom is 0.306 e. The summed E-state index contributed by atoms with van der Waals surface area (Å²) in [6, 6.07) is 0. The number of carbonyl (C=O) groups is 3. The predicted octanol–water partition coefficient (Wildman–Crippen LogP) is 16.8. The minimum Gasteiger partial charge on any atom is -0.545 e. The van der Waals surface area contributed by atoms with Gasteiger partial charge in [0.2, 0.25) is 0 Å². The molecule has 9 heteroatoms. The van der Waals surface area contributed by atoms with Gasteiger partial charge in [0.25, 0.3) is 0 Å². The van der Waals surface area contributed by atoms with E-state index in [4.69, 9.17) is 18.9 Å². The minimum absolute atomic E-state index is 0.139. The number of carboxylic acids is 1. The highest BCUT2D eigenvalue weighted by atomic mass is 16.7. The number of hydrogen-bond acceptors (Lipinski definition) is 8. The van der Waals surface area contributed by atoms with E-state index in [9.17, 15) is 19.5 Å². The zero-order valence-electron chi connectivity index (χ0n) is 48.9. The topological polar surface area (TPSA) is 111 Å². The number of esters is 2. The van der Waals surface area contributed by atoms with Crippen molar-refractivity contribution >= 4 is 17.9 Å². The molecule has 0 aliphatic heterocycles. The molecule has 0 N–H and O–H groups in total. The highest BCUT2D eigenvalue weighted by Gasteiger charge is 2.22. The zero-order valence-corrected chi connectivity index (χ0v) is 48.9. The third kappa shape index (κ3) is 57.7. The standard InChI is InChI=1S/C66H113NO8/c1-6-8-10-12-14-16-18-20-22-24-26-28-29-30-31-32-33-34-35-37-38-40-42-44-46-48-50-52-54-56-63(68)73-60-62(61-74-66(65(70)71)72-59-58-67(3,4)5)75-64(69)57-55-53-51-49-47-45-43-41-39-36-27-25-23-21-19-17-15-13-11-9-7-2/h9,11,15,17-18,20-21,23-24,26-27,29-30,36,41,43,62,66H,6-8,10,12-14,16,19,22,25,28,31-35,37-40,42,44-61H2,1-5H3/b11-9-,17-15-,20-18-,23-21-,26-24-,30-29-,36-27-,43-41-. The highest BCUT2D eigenvalue weighted by molar-refractivity contribution is 5.70. The van der Waals surface area contributed by atoms with Gasteiger partial charge in [-0.1, -0.05) is 233 Å². The number of rotatable bonds is 55. The van der Waals surface area contributed by atoms with E-state index in [1.807, 2.05) is 21.1 Å². The number of likely N-dealkylation sites (N-methyl/N-ethyl adjacent to an activating group) is 1. The molecule has 430 valence electrons. The lowest BCUT2D eigenvalue weighted by Gasteiger charge is -2.26. The van der Waals surface area contributed by atoms with E-state index in [1.54, 1.807) is 0 Å². The molecule has 2 unspecified atom stereocenters. The first kappa shape index (κ1) is 71.2. The van der Waals surface area contributed by atoms with Crippen LogP contribution in [0.2, 0.25) is 0 Å². The molecule has 0 saturated carbocycles. The van der Waals surface area contributed by atoms with Crippen molar-refractivity contribution in [2.75, 3.05) is 47.5 Å². The van der Waals surface area contributed by atoms with Crippen LogP contribution in [0.4, 0.5) is 0 Å². The van der Waals surface area contributed by atoms with Crippen LogP contribution >= 0.6 is 0 Å². The van der Waals surface area contributed by atoms with Gasteiger partial charge in [-0.3, -0.25) is 9.59 Å². The van der Waals surface area contributed by atoms with Crippen LogP contribution in [0.3, 0.4) is 0 Å². The van der Waals surface area contributed by atoms with E-state index in [0.29, 0.717) is 17.4 Å². The van der Waals surface area contributed by atoms with Crippen molar-refractivity contribution in [3.8, 4) is 0 Å². The summed E-state index contributed by atoms with van der Waals surface area (Å²) in [4.78, 5) is 37.3. The Morgan fingerprint density at radius 1 is 0.413 bits per heavy atom. The second-order valence-electron chi connectivity index (χ2n) is 21.3. The molecule has 0 saturated heterocycles. The molecule has 0 aliphatic rings. The molecule has 9 nitrogen and oxygen atoms in total. The van der Waals surface area contributed by atoms with Gasteiger partial charge in [0.1, 0.15) is 13.2 Å². The second kappa shape index (κ2) is 56.4. The van der Waals surface area contributed by atoms with Crippen LogP contribution in [-0.4, -0.2) is 82.3 Å². The van der Waals surface area contributed by atoms with Crippen LogP contribution in [0.1, 0.15) is 245 Å². The lowest BCUT2D eigenvalue weighted by atomic mass is 10.0. The number of aliphatic carboxylic acids is 1. The second-order valence-corrected chi connectivity index (χ2v) is 21.3. The summed E-state index contributed by atoms with van der Waals surface area (Å²) in [7, 11) is 5.91. The molecule has 0 heterocycles. The fraction of sp³-hybridized carbons (Fsp3) is 0.712. The monoisotopic (exact) mass is 1050 g/mol. The minimum atomic E-state index is -1.63. The van der Waals surface area contributed by atoms with Gasteiger partial charge in [0, 0.05) is 12.8 Å². The van der Waals surface area contributed by atoms with Gasteiger partial charge in [-0.2, -0.15) is 0 Å². The largest absolute Gasteiger partial charge is 0.545 e. The van der Waals surface area contributed by atoms with Crippen molar-refractivity contribution in [3.05, 3.63) is 97.2 Å². The summed E-state index contributed by atoms with van der Waals surface area (Å²) in [6.45, 7) is 4.60. The number of nitrogens with zero attached hydrogens (tertiary/aromatic N) is 1. The first-order valence-electron chi connectivity index (χ1n) is 30.4. The summed E-state index contributed by atoms with van der Waals surface area (Å²) in [5.41, 5.74) is 0. The molecule has 0 bridgehead atoms. The Bertz CT molecular complexity index is 1550. The average Bonchev–Trinajstić information content (AvgIpc) is 3.38. The number of hydrogen-bond donors (Lipinski definition) is 0. The quantitative estimate of drug-likeness (QED) is 0.0195. The van der Waals surface area contributed by atoms with Gasteiger partial charge in [-0.25, -0.2) is 0 Å². The van der Waals surface area contributed by atoms with E-state index in [1.165, 1.54) is 116 Å². The summed E-state index contributed by atoms with van der Waals surface area (Å²) in [5, 5.41) is 11.8. The fourth-order valence-corrected chi connectivity index (χ4v) is 8.16. The summed E-state index contributed by atoms with van der Waals surface area (Å²) >= 11 is 0. The van der Waals surface area contributed by atoms with Gasteiger partial charge in [-0.15, -0.1) is 0 Å². The van der Waals surface area contributed by atoms with E-state index in [-0.39, 0.29) is 38.6 Å². The van der Waals surface area contributed by atoms with Gasteiger partial charge in [-0.05, 0) is 96.3 Å². The lowest BCUT2D eigenvalue weighted by Crippen LogP contribution is -2.44. The van der Waals surface area contributed by atoms with Crippen LogP contribution in [0.15, 0.2) is 97.2 Å². The summed E-state index contributed by atoms with van der Waals surface area (Å²) < 4.78 is 22.7. The molecule has 0 aromatic heterocycles. The Morgan fingerprint density at radius 3 is 1.13 bits per heavy atom. The van der Waals surface area contributed by atoms with Crippen molar-refractivity contribution in [1.82, 2.24) is 0 Å². The molecule has 0 fully saturated rings. The van der Waals surface area contributed by atoms with E-state index in [2.05, 4.69) is 111 Å². The Hall–Kier alpha value is -3.79. The van der Waals surface area contributed by atoms with Crippen molar-refractivity contribution < 1.29 is 42.9 Å². The highest BCUT2D eigenvalue weighted by Crippen LogP contribution is 2.16. The maximum atomic E-state index is 12.9. The third-order valence-corrected chi connectivity index (χ3v) is 12.8. The maximum absolute atomic E-state index is 12.9. The Labute approximate surface area is 461 Å². The van der Waals surface area contributed by atoms with Gasteiger partial charge < -0.3 is 33.3 Å². The van der Waals surface area contributed by atoms with E-state index in [0.717, 1.165) is 96.3 Å². The SMILES string of the molecule is CC/C=C\C/C=C\C/C=C\C/C=C\C/C=C\CCCCCCCC(=O)OC(COC(=O)CCCCCCCCCCCCCCCC/C=C\C/C=C\C/C=C\CCCCCCC)COC(OCC[N+](C)(C)C)C(=O)[O-]. The molecular formula is C66H113NO8. The van der Waals surface area contributed by atoms with Gasteiger partial charge >= 0.3 is 11.9 Å². The zero-order chi connectivity index (χ0) is 54.8. The molecule has 2 atom stereocenters. The smallest absolute Gasteiger partial charge is 0.306 e. The normalized spacial score (nSPS) is 13.5. The van der Waals surface area contributed by atoms with Crippen LogP contribution in [-0.2, 0) is 33.3 Å². The molecular weight excluding hydrogens is 935 g/mol. The van der Waals surface area contributed by atoms with Gasteiger partial charge in [0.15, 0.2) is 12.4 Å². The summed E-state index contributed by atoms with van der Waals surface area (Å²) in [5.74, 6) is -2.31. The molecule has 0 radical (unpaired) electrons. The number of quaternary nitrogens is 1. The van der Waals surface area contributed by atoms with Crippen molar-refractivity contribution in [3.63, 3.8) is 0 Å². The Balaban J connectivity index is 4.23. The van der Waals surface area contributed by atoms with Crippen molar-refractivity contribution in [1.29, 1.82) is 0 Å². The van der Waals surface area contributed by atoms with E-state index < -0.39 is 24.3 Å². The molecule has 0 aromatic rings. The van der Waals surface area contributed by atoms with Crippen molar-refractivity contribution in [2.24, 2.45) is 0 Å².